The van der Waals surface area contributed by atoms with Crippen molar-refractivity contribution >= 4 is 17.5 Å². The van der Waals surface area contributed by atoms with Gasteiger partial charge in [0.25, 0.3) is 5.69 Å². The molecule has 0 saturated carbocycles. The number of hydrogen-bond donors (Lipinski definition) is 1. The lowest BCUT2D eigenvalue weighted by Crippen LogP contribution is -2.47. The topological polar surface area (TPSA) is 99.8 Å². The van der Waals surface area contributed by atoms with Crippen molar-refractivity contribution in [3.05, 3.63) is 27.9 Å². The molecular weight excluding hydrogens is 276 g/mol. The molecule has 1 aromatic heterocycles. The summed E-state index contributed by atoms with van der Waals surface area (Å²) in [5.74, 6) is -0.196. The number of hydrogen-bond acceptors (Lipinski definition) is 6. The van der Waals surface area contributed by atoms with E-state index in [4.69, 9.17) is 5.11 Å². The second-order valence-electron chi connectivity index (χ2n) is 5.06. The first-order valence-electron chi connectivity index (χ1n) is 6.77. The molecule has 0 amide bonds. The number of pyridine rings is 1. The summed E-state index contributed by atoms with van der Waals surface area (Å²) in [6.07, 6.45) is 1.65. The molecule has 1 fully saturated rings. The third-order valence-electron chi connectivity index (χ3n) is 3.60. The van der Waals surface area contributed by atoms with Crippen LogP contribution < -0.4 is 4.90 Å². The predicted molar refractivity (Wildman–Crippen MR) is 76.5 cm³/mol. The Hall–Kier alpha value is -2.22. The number of aliphatic carboxylic acids is 1. The molecule has 1 aliphatic rings. The van der Waals surface area contributed by atoms with E-state index < -0.39 is 10.9 Å². The van der Waals surface area contributed by atoms with E-state index in [1.54, 1.807) is 6.92 Å². The average molecular weight is 294 g/mol. The van der Waals surface area contributed by atoms with Crippen molar-refractivity contribution in [1.29, 1.82) is 0 Å². The second-order valence-corrected chi connectivity index (χ2v) is 5.06. The number of carboxylic acid groups (broad SMARTS) is 1. The maximum Gasteiger partial charge on any atom is 0.304 e. The molecule has 0 spiro atoms. The molecule has 1 saturated heterocycles. The molecule has 0 aromatic carbocycles. The fraction of sp³-hybridized carbons (Fsp3) is 0.538. The maximum absolute atomic E-state index is 11.0. The van der Waals surface area contributed by atoms with Gasteiger partial charge in [-0.3, -0.25) is 19.8 Å². The summed E-state index contributed by atoms with van der Waals surface area (Å²) in [7, 11) is 0. The van der Waals surface area contributed by atoms with Crippen LogP contribution >= 0.6 is 0 Å². The average Bonchev–Trinajstić information content (AvgIpc) is 2.46. The van der Waals surface area contributed by atoms with E-state index in [-0.39, 0.29) is 12.1 Å². The highest BCUT2D eigenvalue weighted by molar-refractivity contribution is 5.66. The first-order chi connectivity index (χ1) is 9.97. The van der Waals surface area contributed by atoms with Crippen LogP contribution in [0.2, 0.25) is 0 Å². The fourth-order valence-corrected chi connectivity index (χ4v) is 2.33. The molecule has 0 unspecified atom stereocenters. The van der Waals surface area contributed by atoms with Crippen molar-refractivity contribution in [1.82, 2.24) is 9.88 Å². The summed E-state index contributed by atoms with van der Waals surface area (Å²) < 4.78 is 0. The largest absolute Gasteiger partial charge is 0.481 e. The van der Waals surface area contributed by atoms with Crippen molar-refractivity contribution in [2.75, 3.05) is 37.6 Å². The Morgan fingerprint density at radius 2 is 2.10 bits per heavy atom. The van der Waals surface area contributed by atoms with Gasteiger partial charge in [-0.25, -0.2) is 4.98 Å². The van der Waals surface area contributed by atoms with Gasteiger partial charge in [-0.15, -0.1) is 0 Å². The Balaban J connectivity index is 1.97. The van der Waals surface area contributed by atoms with Gasteiger partial charge in [0.1, 0.15) is 5.82 Å². The number of carbonyl (C=O) groups is 1. The van der Waals surface area contributed by atoms with Gasteiger partial charge >= 0.3 is 5.97 Å². The number of aromatic nitrogens is 1. The lowest BCUT2D eigenvalue weighted by atomic mass is 10.2. The van der Waals surface area contributed by atoms with Gasteiger partial charge < -0.3 is 10.0 Å². The molecule has 0 atom stereocenters. The van der Waals surface area contributed by atoms with Gasteiger partial charge in [-0.2, -0.15) is 0 Å². The summed E-state index contributed by atoms with van der Waals surface area (Å²) in [5, 5.41) is 19.6. The van der Waals surface area contributed by atoms with Gasteiger partial charge in [-0.1, -0.05) is 0 Å². The number of carboxylic acids is 1. The second kappa shape index (κ2) is 6.49. The maximum atomic E-state index is 11.0. The monoisotopic (exact) mass is 294 g/mol. The Kier molecular flexibility index (Phi) is 4.69. The fourth-order valence-electron chi connectivity index (χ4n) is 2.33. The zero-order valence-electron chi connectivity index (χ0n) is 11.9. The van der Waals surface area contributed by atoms with E-state index >= 15 is 0 Å². The zero-order chi connectivity index (χ0) is 15.4. The molecular formula is C13H18N4O4. The molecule has 2 rings (SSSR count). The first-order valence-corrected chi connectivity index (χ1v) is 6.77. The van der Waals surface area contributed by atoms with Crippen molar-refractivity contribution in [3.8, 4) is 0 Å². The molecule has 21 heavy (non-hydrogen) atoms. The van der Waals surface area contributed by atoms with Crippen LogP contribution in [-0.2, 0) is 4.79 Å². The van der Waals surface area contributed by atoms with Gasteiger partial charge in [-0.05, 0) is 6.92 Å². The summed E-state index contributed by atoms with van der Waals surface area (Å²) in [4.78, 5) is 29.4. The minimum atomic E-state index is -0.798. The van der Waals surface area contributed by atoms with Gasteiger partial charge in [0.15, 0.2) is 0 Å². The van der Waals surface area contributed by atoms with Crippen molar-refractivity contribution in [3.63, 3.8) is 0 Å². The van der Waals surface area contributed by atoms with Crippen LogP contribution in [0, 0.1) is 17.0 Å². The quantitative estimate of drug-likeness (QED) is 0.636. The molecule has 8 nitrogen and oxygen atoms in total. The van der Waals surface area contributed by atoms with E-state index in [0.717, 1.165) is 13.1 Å². The standard InChI is InChI=1S/C13H18N4O4/c1-10-9-14-12(8-11(10)17(20)21)16-6-4-15(5-7-16)3-2-13(18)19/h8-9H,2-7H2,1H3,(H,18,19). The van der Waals surface area contributed by atoms with Crippen molar-refractivity contribution in [2.24, 2.45) is 0 Å². The highest BCUT2D eigenvalue weighted by atomic mass is 16.6. The third kappa shape index (κ3) is 3.88. The lowest BCUT2D eigenvalue weighted by Gasteiger charge is -2.35. The lowest BCUT2D eigenvalue weighted by molar-refractivity contribution is -0.385. The minimum Gasteiger partial charge on any atom is -0.481 e. The van der Waals surface area contributed by atoms with Crippen LogP contribution in [0.25, 0.3) is 0 Å². The van der Waals surface area contributed by atoms with Gasteiger partial charge in [0.05, 0.1) is 17.4 Å². The molecule has 1 aliphatic heterocycles. The number of anilines is 1. The summed E-state index contributed by atoms with van der Waals surface area (Å²) in [5.41, 5.74) is 0.622. The molecule has 2 heterocycles. The summed E-state index contributed by atoms with van der Waals surface area (Å²) >= 11 is 0. The van der Waals surface area contributed by atoms with Crippen LogP contribution in [0.3, 0.4) is 0 Å². The molecule has 1 N–H and O–H groups in total. The van der Waals surface area contributed by atoms with E-state index in [2.05, 4.69) is 9.88 Å². The third-order valence-corrected chi connectivity index (χ3v) is 3.60. The SMILES string of the molecule is Cc1cnc(N2CCN(CCC(=O)O)CC2)cc1[N+](=O)[O-]. The Morgan fingerprint density at radius 1 is 1.43 bits per heavy atom. The molecule has 114 valence electrons. The van der Waals surface area contributed by atoms with E-state index in [9.17, 15) is 14.9 Å². The van der Waals surface area contributed by atoms with Gasteiger partial charge in [0, 0.05) is 44.5 Å². The van der Waals surface area contributed by atoms with Crippen LogP contribution in [0.5, 0.6) is 0 Å². The first kappa shape index (κ1) is 15.2. The number of nitro groups is 1. The number of rotatable bonds is 5. The van der Waals surface area contributed by atoms with Crippen LogP contribution in [0.4, 0.5) is 11.5 Å². The summed E-state index contributed by atoms with van der Waals surface area (Å²) in [6, 6.07) is 1.50. The Labute approximate surface area is 122 Å². The normalized spacial score (nSPS) is 16.0. The molecule has 0 bridgehead atoms. The molecule has 1 aromatic rings. The van der Waals surface area contributed by atoms with E-state index in [1.807, 2.05) is 4.90 Å². The predicted octanol–water partition coefficient (Wildman–Crippen LogP) is 0.895. The van der Waals surface area contributed by atoms with E-state index in [0.29, 0.717) is 31.0 Å². The highest BCUT2D eigenvalue weighted by Crippen LogP contribution is 2.23. The Bertz CT molecular complexity index is 541. The molecule has 8 heteroatoms. The number of aryl methyl sites for hydroxylation is 1. The van der Waals surface area contributed by atoms with Gasteiger partial charge in [0.2, 0.25) is 0 Å². The number of piperazine rings is 1. The minimum absolute atomic E-state index is 0.0771. The van der Waals surface area contributed by atoms with Crippen LogP contribution in [0.15, 0.2) is 12.3 Å². The molecule has 0 aliphatic carbocycles. The van der Waals surface area contributed by atoms with Crippen LogP contribution in [-0.4, -0.2) is 58.6 Å². The zero-order valence-corrected chi connectivity index (χ0v) is 11.9. The highest BCUT2D eigenvalue weighted by Gasteiger charge is 2.21. The summed E-state index contributed by atoms with van der Waals surface area (Å²) in [6.45, 7) is 5.04. The Morgan fingerprint density at radius 3 is 2.67 bits per heavy atom. The van der Waals surface area contributed by atoms with Crippen LogP contribution in [0.1, 0.15) is 12.0 Å². The molecule has 0 radical (unpaired) electrons. The number of nitrogens with zero attached hydrogens (tertiary/aromatic N) is 4. The van der Waals surface area contributed by atoms with E-state index in [1.165, 1.54) is 12.3 Å². The van der Waals surface area contributed by atoms with Crippen molar-refractivity contribution < 1.29 is 14.8 Å². The van der Waals surface area contributed by atoms with Crippen molar-refractivity contribution in [2.45, 2.75) is 13.3 Å². The smallest absolute Gasteiger partial charge is 0.304 e.